The highest BCUT2D eigenvalue weighted by molar-refractivity contribution is 5.87. The molecule has 1 aliphatic rings. The molecular weight excluding hydrogens is 320 g/mol. The van der Waals surface area contributed by atoms with Crippen LogP contribution in [0.2, 0.25) is 0 Å². The number of carbonyl (C=O) groups excluding carboxylic acids is 1. The number of aliphatic hydroxyl groups excluding tert-OH is 1. The van der Waals surface area contributed by atoms with E-state index in [9.17, 15) is 14.7 Å². The summed E-state index contributed by atoms with van der Waals surface area (Å²) in [6, 6.07) is 13.6. The number of hydrogen-bond donors (Lipinski definition) is 3. The van der Waals surface area contributed by atoms with Gasteiger partial charge in [0.15, 0.2) is 0 Å². The predicted octanol–water partition coefficient (Wildman–Crippen LogP) is 2.19. The Morgan fingerprint density at radius 1 is 1.12 bits per heavy atom. The van der Waals surface area contributed by atoms with E-state index in [1.54, 1.807) is 17.0 Å². The van der Waals surface area contributed by atoms with Gasteiger partial charge in [0, 0.05) is 13.1 Å². The average molecular weight is 340 g/mol. The highest BCUT2D eigenvalue weighted by atomic mass is 16.4. The van der Waals surface area contributed by atoms with Gasteiger partial charge in [-0.3, -0.25) is 0 Å². The highest BCUT2D eigenvalue weighted by Gasteiger charge is 2.29. The van der Waals surface area contributed by atoms with Crippen molar-refractivity contribution in [2.24, 2.45) is 0 Å². The Morgan fingerprint density at radius 3 is 2.52 bits per heavy atom. The predicted molar refractivity (Wildman–Crippen MR) is 92.3 cm³/mol. The number of carbonyl (C=O) groups is 2. The number of aliphatic hydroxyl groups is 1. The molecule has 0 saturated carbocycles. The van der Waals surface area contributed by atoms with E-state index in [1.165, 1.54) is 12.1 Å². The second-order valence-corrected chi connectivity index (χ2v) is 6.00. The fourth-order valence-corrected chi connectivity index (χ4v) is 3.14. The average Bonchev–Trinajstić information content (AvgIpc) is 2.65. The van der Waals surface area contributed by atoms with Gasteiger partial charge in [-0.2, -0.15) is 0 Å². The standard InChI is InChI=1S/C19H20N2O4/c22-12-17-16-4-2-1-3-14(16)9-10-21(17)19(25)20-11-13-5-7-15(8-6-13)18(23)24/h1-8,17,22H,9-12H2,(H,20,25)(H,23,24). The molecule has 1 unspecified atom stereocenters. The van der Waals surface area contributed by atoms with E-state index in [0.717, 1.165) is 23.1 Å². The van der Waals surface area contributed by atoms with Gasteiger partial charge in [0.05, 0.1) is 18.2 Å². The van der Waals surface area contributed by atoms with Crippen molar-refractivity contribution in [3.05, 3.63) is 70.8 Å². The van der Waals surface area contributed by atoms with Crippen molar-refractivity contribution in [1.29, 1.82) is 0 Å². The zero-order valence-electron chi connectivity index (χ0n) is 13.7. The molecule has 6 heteroatoms. The first-order valence-electron chi connectivity index (χ1n) is 8.15. The molecule has 0 saturated heterocycles. The van der Waals surface area contributed by atoms with Crippen LogP contribution in [0.15, 0.2) is 48.5 Å². The van der Waals surface area contributed by atoms with E-state index >= 15 is 0 Å². The summed E-state index contributed by atoms with van der Waals surface area (Å²) >= 11 is 0. The lowest BCUT2D eigenvalue weighted by Gasteiger charge is -2.36. The molecule has 3 rings (SSSR count). The van der Waals surface area contributed by atoms with E-state index < -0.39 is 5.97 Å². The first-order chi connectivity index (χ1) is 12.1. The second kappa shape index (κ2) is 7.36. The molecule has 0 bridgehead atoms. The van der Waals surface area contributed by atoms with Crippen LogP contribution in [-0.4, -0.2) is 40.3 Å². The van der Waals surface area contributed by atoms with Crippen LogP contribution < -0.4 is 5.32 Å². The number of carboxylic acid groups (broad SMARTS) is 1. The fourth-order valence-electron chi connectivity index (χ4n) is 3.14. The molecule has 2 amide bonds. The zero-order chi connectivity index (χ0) is 17.8. The second-order valence-electron chi connectivity index (χ2n) is 6.00. The molecule has 2 aromatic carbocycles. The van der Waals surface area contributed by atoms with Gasteiger partial charge in [0.2, 0.25) is 0 Å². The van der Waals surface area contributed by atoms with Crippen molar-refractivity contribution in [2.75, 3.05) is 13.2 Å². The molecule has 0 radical (unpaired) electrons. The largest absolute Gasteiger partial charge is 0.478 e. The number of amides is 2. The summed E-state index contributed by atoms with van der Waals surface area (Å²) in [6.07, 6.45) is 0.757. The topological polar surface area (TPSA) is 89.9 Å². The van der Waals surface area contributed by atoms with E-state index in [1.807, 2.05) is 24.3 Å². The van der Waals surface area contributed by atoms with Gasteiger partial charge in [-0.1, -0.05) is 36.4 Å². The minimum absolute atomic E-state index is 0.127. The van der Waals surface area contributed by atoms with Crippen LogP contribution in [0.4, 0.5) is 4.79 Å². The van der Waals surface area contributed by atoms with Crippen molar-refractivity contribution in [2.45, 2.75) is 19.0 Å². The van der Waals surface area contributed by atoms with Gasteiger partial charge in [0.1, 0.15) is 0 Å². The van der Waals surface area contributed by atoms with E-state index in [-0.39, 0.29) is 24.2 Å². The molecule has 0 aliphatic carbocycles. The Kier molecular flexibility index (Phi) is 5.00. The van der Waals surface area contributed by atoms with Gasteiger partial charge in [0.25, 0.3) is 0 Å². The number of urea groups is 1. The first-order valence-corrected chi connectivity index (χ1v) is 8.15. The minimum Gasteiger partial charge on any atom is -0.478 e. The molecule has 25 heavy (non-hydrogen) atoms. The van der Waals surface area contributed by atoms with Gasteiger partial charge in [-0.15, -0.1) is 0 Å². The smallest absolute Gasteiger partial charge is 0.335 e. The molecule has 1 atom stereocenters. The SMILES string of the molecule is O=C(O)c1ccc(CNC(=O)N2CCc3ccccc3C2CO)cc1. The van der Waals surface area contributed by atoms with Gasteiger partial charge in [-0.25, -0.2) is 9.59 Å². The summed E-state index contributed by atoms with van der Waals surface area (Å²) in [6.45, 7) is 0.721. The number of rotatable bonds is 4. The lowest BCUT2D eigenvalue weighted by molar-refractivity contribution is 0.0697. The molecule has 1 aliphatic heterocycles. The number of benzene rings is 2. The molecule has 3 N–H and O–H groups in total. The molecule has 2 aromatic rings. The summed E-state index contributed by atoms with van der Waals surface area (Å²) in [5.74, 6) is -0.978. The van der Waals surface area contributed by atoms with Crippen LogP contribution in [0.3, 0.4) is 0 Å². The molecule has 0 aromatic heterocycles. The van der Waals surface area contributed by atoms with Crippen LogP contribution in [0.1, 0.15) is 33.1 Å². The van der Waals surface area contributed by atoms with Crippen molar-refractivity contribution in [3.63, 3.8) is 0 Å². The Morgan fingerprint density at radius 2 is 1.84 bits per heavy atom. The highest BCUT2D eigenvalue weighted by Crippen LogP contribution is 2.29. The lowest BCUT2D eigenvalue weighted by Crippen LogP contribution is -2.46. The quantitative estimate of drug-likeness (QED) is 0.796. The molecule has 1 heterocycles. The Labute approximate surface area is 145 Å². The summed E-state index contributed by atoms with van der Waals surface area (Å²) in [4.78, 5) is 25.0. The number of hydrogen-bond acceptors (Lipinski definition) is 3. The number of carboxylic acids is 1. The molecule has 0 spiro atoms. The summed E-state index contributed by atoms with van der Waals surface area (Å²) < 4.78 is 0. The summed E-state index contributed by atoms with van der Waals surface area (Å²) in [5.41, 5.74) is 3.17. The molecular formula is C19H20N2O4. The third-order valence-electron chi connectivity index (χ3n) is 4.49. The van der Waals surface area contributed by atoms with E-state index in [4.69, 9.17) is 5.11 Å². The van der Waals surface area contributed by atoms with Crippen LogP contribution in [-0.2, 0) is 13.0 Å². The maximum atomic E-state index is 12.5. The van der Waals surface area contributed by atoms with Gasteiger partial charge >= 0.3 is 12.0 Å². The van der Waals surface area contributed by atoms with Crippen molar-refractivity contribution < 1.29 is 19.8 Å². The van der Waals surface area contributed by atoms with E-state index in [0.29, 0.717) is 13.1 Å². The monoisotopic (exact) mass is 340 g/mol. The van der Waals surface area contributed by atoms with Crippen LogP contribution in [0.5, 0.6) is 0 Å². The third-order valence-corrected chi connectivity index (χ3v) is 4.49. The first kappa shape index (κ1) is 17.0. The maximum absolute atomic E-state index is 12.5. The Balaban J connectivity index is 1.66. The number of nitrogens with zero attached hydrogens (tertiary/aromatic N) is 1. The fraction of sp³-hybridized carbons (Fsp3) is 0.263. The summed E-state index contributed by atoms with van der Waals surface area (Å²) in [7, 11) is 0. The van der Waals surface area contributed by atoms with Crippen LogP contribution >= 0.6 is 0 Å². The summed E-state index contributed by atoms with van der Waals surface area (Å²) in [5, 5.41) is 21.5. The van der Waals surface area contributed by atoms with Crippen LogP contribution in [0.25, 0.3) is 0 Å². The number of nitrogens with one attached hydrogen (secondary N) is 1. The zero-order valence-corrected chi connectivity index (χ0v) is 13.7. The Bertz CT molecular complexity index is 773. The van der Waals surface area contributed by atoms with Gasteiger partial charge < -0.3 is 20.4 Å². The number of fused-ring (bicyclic) bond motifs is 1. The van der Waals surface area contributed by atoms with Crippen molar-refractivity contribution >= 4 is 12.0 Å². The van der Waals surface area contributed by atoms with Crippen molar-refractivity contribution in [1.82, 2.24) is 10.2 Å². The minimum atomic E-state index is -0.978. The normalized spacial score (nSPS) is 16.2. The van der Waals surface area contributed by atoms with E-state index in [2.05, 4.69) is 5.32 Å². The van der Waals surface area contributed by atoms with Gasteiger partial charge in [-0.05, 0) is 35.2 Å². The lowest BCUT2D eigenvalue weighted by atomic mass is 9.93. The number of aromatic carboxylic acids is 1. The maximum Gasteiger partial charge on any atom is 0.335 e. The Hall–Kier alpha value is -2.86. The third kappa shape index (κ3) is 3.64. The molecule has 130 valence electrons. The van der Waals surface area contributed by atoms with Crippen LogP contribution in [0, 0.1) is 0 Å². The molecule has 6 nitrogen and oxygen atoms in total. The molecule has 0 fully saturated rings. The van der Waals surface area contributed by atoms with Crippen molar-refractivity contribution in [3.8, 4) is 0 Å².